The molecule has 1 aromatic carbocycles. The molecule has 1 rings (SSSR count). The van der Waals surface area contributed by atoms with Crippen LogP contribution in [0.1, 0.15) is 27.0 Å². The number of alkyl halides is 3. The number of carbonyl (C=O) groups excluding carboxylic acids is 1. The monoisotopic (exact) mass is 217 g/mol. The van der Waals surface area contributed by atoms with Crippen molar-refractivity contribution in [3.05, 3.63) is 34.4 Å². The molecule has 0 aromatic heterocycles. The van der Waals surface area contributed by atoms with Gasteiger partial charge in [-0.3, -0.25) is 4.79 Å². The molecule has 0 aliphatic carbocycles. The second-order valence-corrected chi connectivity index (χ2v) is 3.27. The molecule has 0 heterocycles. The predicted octanol–water partition coefficient (Wildman–Crippen LogP) is 2.42. The van der Waals surface area contributed by atoms with Gasteiger partial charge in [-0.1, -0.05) is 0 Å². The molecule has 0 bridgehead atoms. The van der Waals surface area contributed by atoms with Gasteiger partial charge in [0.15, 0.2) is 0 Å². The molecule has 1 amide bonds. The van der Waals surface area contributed by atoms with Crippen LogP contribution < -0.4 is 5.73 Å². The Bertz CT molecular complexity index is 410. The number of hydrogen-bond donors (Lipinski definition) is 1. The molecule has 15 heavy (non-hydrogen) atoms. The van der Waals surface area contributed by atoms with E-state index in [0.717, 1.165) is 12.1 Å². The molecule has 0 saturated heterocycles. The number of nitrogens with two attached hydrogens (primary N) is 1. The van der Waals surface area contributed by atoms with E-state index >= 15 is 0 Å². The average Bonchev–Trinajstić information content (AvgIpc) is 2.06. The highest BCUT2D eigenvalue weighted by molar-refractivity contribution is 5.94. The number of benzene rings is 1. The van der Waals surface area contributed by atoms with Gasteiger partial charge in [0.1, 0.15) is 0 Å². The lowest BCUT2D eigenvalue weighted by molar-refractivity contribution is -0.138. The second-order valence-electron chi connectivity index (χ2n) is 3.27. The summed E-state index contributed by atoms with van der Waals surface area (Å²) in [6.45, 7) is 2.77. The molecule has 2 nitrogen and oxygen atoms in total. The standard InChI is InChI=1S/C10H10F3NO/c1-5-6(2)8(10(11,12)13)4-3-7(5)9(14)15/h3-4H,1-2H3,(H2,14,15). The van der Waals surface area contributed by atoms with E-state index in [1.807, 2.05) is 0 Å². The Balaban J connectivity index is 3.41. The third-order valence-electron chi connectivity index (χ3n) is 2.36. The van der Waals surface area contributed by atoms with Crippen LogP contribution in [-0.4, -0.2) is 5.91 Å². The van der Waals surface area contributed by atoms with E-state index in [9.17, 15) is 18.0 Å². The molecule has 1 aromatic rings. The molecule has 0 radical (unpaired) electrons. The van der Waals surface area contributed by atoms with Gasteiger partial charge < -0.3 is 5.73 Å². The number of primary amides is 1. The van der Waals surface area contributed by atoms with Gasteiger partial charge in [0.2, 0.25) is 5.91 Å². The molecule has 0 saturated carbocycles. The first-order valence-corrected chi connectivity index (χ1v) is 4.22. The van der Waals surface area contributed by atoms with Crippen molar-refractivity contribution in [3.8, 4) is 0 Å². The minimum Gasteiger partial charge on any atom is -0.366 e. The molecule has 0 aliphatic rings. The van der Waals surface area contributed by atoms with E-state index in [-0.39, 0.29) is 16.7 Å². The smallest absolute Gasteiger partial charge is 0.366 e. The first kappa shape index (κ1) is 11.6. The maximum atomic E-state index is 12.4. The van der Waals surface area contributed by atoms with Crippen molar-refractivity contribution >= 4 is 5.91 Å². The van der Waals surface area contributed by atoms with Gasteiger partial charge in [0.05, 0.1) is 5.56 Å². The maximum Gasteiger partial charge on any atom is 0.416 e. The summed E-state index contributed by atoms with van der Waals surface area (Å²) in [5, 5.41) is 0. The van der Waals surface area contributed by atoms with Crippen LogP contribution in [0, 0.1) is 13.8 Å². The zero-order chi connectivity index (χ0) is 11.8. The van der Waals surface area contributed by atoms with E-state index in [1.165, 1.54) is 13.8 Å². The van der Waals surface area contributed by atoms with Crippen LogP contribution in [0.4, 0.5) is 13.2 Å². The largest absolute Gasteiger partial charge is 0.416 e. The summed E-state index contributed by atoms with van der Waals surface area (Å²) in [5.74, 6) is -0.718. The van der Waals surface area contributed by atoms with Crippen LogP contribution in [0.3, 0.4) is 0 Å². The molecular formula is C10H10F3NO. The predicted molar refractivity (Wildman–Crippen MR) is 49.4 cm³/mol. The normalized spacial score (nSPS) is 11.5. The van der Waals surface area contributed by atoms with Crippen molar-refractivity contribution in [2.45, 2.75) is 20.0 Å². The molecule has 0 aliphatic heterocycles. The molecule has 2 N–H and O–H groups in total. The summed E-state index contributed by atoms with van der Waals surface area (Å²) < 4.78 is 37.3. The quantitative estimate of drug-likeness (QED) is 0.771. The van der Waals surface area contributed by atoms with E-state index in [4.69, 9.17) is 5.73 Å². The molecule has 5 heteroatoms. The number of hydrogen-bond acceptors (Lipinski definition) is 1. The topological polar surface area (TPSA) is 43.1 Å². The number of carbonyl (C=O) groups is 1. The van der Waals surface area contributed by atoms with Crippen LogP contribution in [-0.2, 0) is 6.18 Å². The second kappa shape index (κ2) is 3.56. The summed E-state index contributed by atoms with van der Waals surface area (Å²) >= 11 is 0. The maximum absolute atomic E-state index is 12.4. The van der Waals surface area contributed by atoms with Crippen molar-refractivity contribution in [2.75, 3.05) is 0 Å². The molecule has 0 unspecified atom stereocenters. The van der Waals surface area contributed by atoms with Gasteiger partial charge in [-0.25, -0.2) is 0 Å². The van der Waals surface area contributed by atoms with Gasteiger partial charge in [-0.15, -0.1) is 0 Å². The first-order valence-electron chi connectivity index (χ1n) is 4.22. The van der Waals surface area contributed by atoms with Crippen LogP contribution in [0.25, 0.3) is 0 Å². The van der Waals surface area contributed by atoms with Crippen LogP contribution >= 0.6 is 0 Å². The fourth-order valence-electron chi connectivity index (χ4n) is 1.39. The van der Waals surface area contributed by atoms with Gasteiger partial charge in [-0.2, -0.15) is 13.2 Å². The third kappa shape index (κ3) is 2.11. The van der Waals surface area contributed by atoms with Crippen LogP contribution in [0.15, 0.2) is 12.1 Å². The fraction of sp³-hybridized carbons (Fsp3) is 0.300. The zero-order valence-corrected chi connectivity index (χ0v) is 8.27. The Hall–Kier alpha value is -1.52. The SMILES string of the molecule is Cc1c(C(N)=O)ccc(C(F)(F)F)c1C. The minimum absolute atomic E-state index is 0.0406. The molecule has 0 fully saturated rings. The van der Waals surface area contributed by atoms with Crippen LogP contribution in [0.5, 0.6) is 0 Å². The summed E-state index contributed by atoms with van der Waals surface area (Å²) in [4.78, 5) is 10.9. The Morgan fingerprint density at radius 1 is 1.20 bits per heavy atom. The Kier molecular flexibility index (Phi) is 2.75. The minimum atomic E-state index is -4.40. The zero-order valence-electron chi connectivity index (χ0n) is 8.27. The number of halogens is 3. The van der Waals surface area contributed by atoms with Crippen molar-refractivity contribution in [1.82, 2.24) is 0 Å². The first-order chi connectivity index (χ1) is 6.75. The highest BCUT2D eigenvalue weighted by Crippen LogP contribution is 2.33. The molecule has 0 spiro atoms. The van der Waals surface area contributed by atoms with Crippen molar-refractivity contribution in [1.29, 1.82) is 0 Å². The number of amides is 1. The molecule has 0 atom stereocenters. The number of rotatable bonds is 1. The Morgan fingerprint density at radius 3 is 2.13 bits per heavy atom. The van der Waals surface area contributed by atoms with E-state index in [1.54, 1.807) is 0 Å². The Labute approximate surface area is 84.9 Å². The summed E-state index contributed by atoms with van der Waals surface area (Å²) in [6, 6.07) is 1.98. The van der Waals surface area contributed by atoms with E-state index in [2.05, 4.69) is 0 Å². The van der Waals surface area contributed by atoms with Crippen LogP contribution in [0.2, 0.25) is 0 Å². The van der Waals surface area contributed by atoms with Crippen molar-refractivity contribution < 1.29 is 18.0 Å². The van der Waals surface area contributed by atoms with Crippen molar-refractivity contribution in [2.24, 2.45) is 5.73 Å². The lowest BCUT2D eigenvalue weighted by Crippen LogP contribution is -2.16. The average molecular weight is 217 g/mol. The lowest BCUT2D eigenvalue weighted by Gasteiger charge is -2.13. The fourth-order valence-corrected chi connectivity index (χ4v) is 1.39. The summed E-state index contributed by atoms with van der Waals surface area (Å²) in [7, 11) is 0. The summed E-state index contributed by atoms with van der Waals surface area (Å²) in [5.41, 5.74) is 4.73. The van der Waals surface area contributed by atoms with Gasteiger partial charge in [0.25, 0.3) is 0 Å². The highest BCUT2D eigenvalue weighted by atomic mass is 19.4. The van der Waals surface area contributed by atoms with E-state index in [0.29, 0.717) is 0 Å². The van der Waals surface area contributed by atoms with Crippen molar-refractivity contribution in [3.63, 3.8) is 0 Å². The third-order valence-corrected chi connectivity index (χ3v) is 2.36. The van der Waals surface area contributed by atoms with Gasteiger partial charge >= 0.3 is 6.18 Å². The van der Waals surface area contributed by atoms with Gasteiger partial charge in [-0.05, 0) is 37.1 Å². The lowest BCUT2D eigenvalue weighted by atomic mass is 9.97. The molecule has 82 valence electrons. The highest BCUT2D eigenvalue weighted by Gasteiger charge is 2.33. The summed E-state index contributed by atoms with van der Waals surface area (Å²) in [6.07, 6.45) is -4.40. The van der Waals surface area contributed by atoms with Gasteiger partial charge in [0, 0.05) is 5.56 Å². The Morgan fingerprint density at radius 2 is 1.73 bits per heavy atom. The molecular weight excluding hydrogens is 207 g/mol. The van der Waals surface area contributed by atoms with E-state index < -0.39 is 17.6 Å².